The molecule has 0 N–H and O–H groups in total. The van der Waals surface area contributed by atoms with Crippen LogP contribution >= 0.6 is 0 Å². The molecular formula is C24H19NO6. The van der Waals surface area contributed by atoms with Crippen molar-refractivity contribution >= 4 is 23.5 Å². The zero-order valence-electron chi connectivity index (χ0n) is 16.7. The van der Waals surface area contributed by atoms with Gasteiger partial charge in [0.1, 0.15) is 11.5 Å². The first-order valence-electron chi connectivity index (χ1n) is 9.48. The number of esters is 1. The number of allylic oxidation sites excluding steroid dienone is 1. The molecule has 3 aromatic rings. The predicted octanol–water partition coefficient (Wildman–Crippen LogP) is 5.11. The lowest BCUT2D eigenvalue weighted by Gasteiger charge is -2.05. The molecule has 0 atom stereocenters. The average Bonchev–Trinajstić information content (AvgIpc) is 2.79. The van der Waals surface area contributed by atoms with E-state index in [0.717, 1.165) is 11.3 Å². The summed E-state index contributed by atoms with van der Waals surface area (Å²) in [5.74, 6) is 0.187. The van der Waals surface area contributed by atoms with Gasteiger partial charge in [0.05, 0.1) is 17.1 Å². The molecule has 0 radical (unpaired) electrons. The molecule has 0 fully saturated rings. The lowest BCUT2D eigenvalue weighted by Crippen LogP contribution is -2.08. The van der Waals surface area contributed by atoms with Crippen molar-refractivity contribution in [2.24, 2.45) is 0 Å². The summed E-state index contributed by atoms with van der Waals surface area (Å²) in [4.78, 5) is 34.6. The Morgan fingerprint density at radius 2 is 1.45 bits per heavy atom. The molecule has 31 heavy (non-hydrogen) atoms. The van der Waals surface area contributed by atoms with Gasteiger partial charge < -0.3 is 9.47 Å². The molecule has 0 unspecified atom stereocenters. The quantitative estimate of drug-likeness (QED) is 0.126. The molecule has 0 amide bonds. The zero-order chi connectivity index (χ0) is 22.2. The largest absolute Gasteiger partial charge is 0.494 e. The Kier molecular flexibility index (Phi) is 6.90. The third kappa shape index (κ3) is 5.86. The maximum atomic E-state index is 12.4. The van der Waals surface area contributed by atoms with E-state index in [4.69, 9.17) is 9.47 Å². The normalized spacial score (nSPS) is 10.6. The predicted molar refractivity (Wildman–Crippen MR) is 115 cm³/mol. The fourth-order valence-corrected chi connectivity index (χ4v) is 2.68. The minimum atomic E-state index is -0.649. The number of hydrogen-bond acceptors (Lipinski definition) is 6. The van der Waals surface area contributed by atoms with E-state index in [0.29, 0.717) is 12.2 Å². The number of hydrogen-bond donors (Lipinski definition) is 0. The molecule has 0 saturated heterocycles. The van der Waals surface area contributed by atoms with E-state index < -0.39 is 10.9 Å². The van der Waals surface area contributed by atoms with Gasteiger partial charge in [-0.15, -0.1) is 0 Å². The summed E-state index contributed by atoms with van der Waals surface area (Å²) < 4.78 is 10.6. The molecule has 3 aromatic carbocycles. The second-order valence-corrected chi connectivity index (χ2v) is 6.42. The van der Waals surface area contributed by atoms with Gasteiger partial charge in [-0.1, -0.05) is 18.2 Å². The van der Waals surface area contributed by atoms with Crippen molar-refractivity contribution in [1.82, 2.24) is 0 Å². The number of benzene rings is 3. The molecule has 0 saturated carbocycles. The smallest absolute Gasteiger partial charge is 0.343 e. The Hall–Kier alpha value is -4.26. The first-order valence-corrected chi connectivity index (χ1v) is 9.48. The highest BCUT2D eigenvalue weighted by Gasteiger charge is 2.12. The number of nitro benzene ring substituents is 1. The lowest BCUT2D eigenvalue weighted by molar-refractivity contribution is -0.384. The standard InChI is InChI=1S/C24H19NO6/c1-2-30-21-12-3-17(4-13-21)5-16-23(26)18-8-14-22(15-9-18)31-24(27)19-6-10-20(11-7-19)25(28)29/h3-16H,2H2,1H3/b16-5+. The van der Waals surface area contributed by atoms with E-state index in [1.807, 2.05) is 31.2 Å². The number of rotatable bonds is 8. The van der Waals surface area contributed by atoms with E-state index >= 15 is 0 Å². The molecule has 7 nitrogen and oxygen atoms in total. The number of ether oxygens (including phenoxy) is 2. The van der Waals surface area contributed by atoms with Crippen molar-refractivity contribution in [1.29, 1.82) is 0 Å². The molecule has 0 spiro atoms. The van der Waals surface area contributed by atoms with Crippen LogP contribution < -0.4 is 9.47 Å². The van der Waals surface area contributed by atoms with Crippen LogP contribution in [0.2, 0.25) is 0 Å². The Morgan fingerprint density at radius 3 is 2.03 bits per heavy atom. The van der Waals surface area contributed by atoms with Gasteiger partial charge in [0, 0.05) is 17.7 Å². The highest BCUT2D eigenvalue weighted by molar-refractivity contribution is 6.06. The van der Waals surface area contributed by atoms with Gasteiger partial charge in [-0.2, -0.15) is 0 Å². The first-order chi connectivity index (χ1) is 15.0. The van der Waals surface area contributed by atoms with Crippen LogP contribution in [0.15, 0.2) is 78.9 Å². The van der Waals surface area contributed by atoms with E-state index in [9.17, 15) is 19.7 Å². The summed E-state index contributed by atoms with van der Waals surface area (Å²) >= 11 is 0. The summed E-state index contributed by atoms with van der Waals surface area (Å²) in [5, 5.41) is 10.7. The van der Waals surface area contributed by atoms with Gasteiger partial charge in [0.25, 0.3) is 5.69 Å². The van der Waals surface area contributed by atoms with Gasteiger partial charge in [0.2, 0.25) is 0 Å². The van der Waals surface area contributed by atoms with E-state index in [1.54, 1.807) is 18.2 Å². The summed E-state index contributed by atoms with van der Waals surface area (Å²) in [6, 6.07) is 18.6. The monoisotopic (exact) mass is 417 g/mol. The van der Waals surface area contributed by atoms with Gasteiger partial charge in [-0.05, 0) is 67.1 Å². The second kappa shape index (κ2) is 9.98. The molecule has 0 bridgehead atoms. The lowest BCUT2D eigenvalue weighted by atomic mass is 10.1. The summed E-state index contributed by atoms with van der Waals surface area (Å²) in [6.07, 6.45) is 3.17. The van der Waals surface area contributed by atoms with E-state index in [1.165, 1.54) is 42.5 Å². The summed E-state index contributed by atoms with van der Waals surface area (Å²) in [5.41, 5.74) is 1.38. The van der Waals surface area contributed by atoms with Crippen molar-refractivity contribution in [2.75, 3.05) is 6.61 Å². The van der Waals surface area contributed by atoms with Crippen molar-refractivity contribution < 1.29 is 24.0 Å². The van der Waals surface area contributed by atoms with Crippen LogP contribution in [0.5, 0.6) is 11.5 Å². The van der Waals surface area contributed by atoms with Crippen LogP contribution in [0.4, 0.5) is 5.69 Å². The Bertz CT molecular complexity index is 1100. The Morgan fingerprint density at radius 1 is 0.871 bits per heavy atom. The molecule has 0 aliphatic rings. The fourth-order valence-electron chi connectivity index (χ4n) is 2.68. The summed E-state index contributed by atoms with van der Waals surface area (Å²) in [7, 11) is 0. The molecule has 0 aliphatic carbocycles. The third-order valence-electron chi connectivity index (χ3n) is 4.28. The van der Waals surface area contributed by atoms with Crippen molar-refractivity contribution in [3.05, 3.63) is 106 Å². The minimum Gasteiger partial charge on any atom is -0.494 e. The van der Waals surface area contributed by atoms with Gasteiger partial charge >= 0.3 is 5.97 Å². The van der Waals surface area contributed by atoms with Crippen LogP contribution in [0.25, 0.3) is 6.08 Å². The summed E-state index contributed by atoms with van der Waals surface area (Å²) in [6.45, 7) is 2.50. The maximum Gasteiger partial charge on any atom is 0.343 e. The van der Waals surface area contributed by atoms with Gasteiger partial charge in [-0.3, -0.25) is 14.9 Å². The molecule has 0 aliphatic heterocycles. The fraction of sp³-hybridized carbons (Fsp3) is 0.0833. The number of carbonyl (C=O) groups is 2. The van der Waals surface area contributed by atoms with Crippen LogP contribution in [-0.2, 0) is 0 Å². The van der Waals surface area contributed by atoms with Crippen LogP contribution in [0.1, 0.15) is 33.2 Å². The molecule has 156 valence electrons. The highest BCUT2D eigenvalue weighted by atomic mass is 16.6. The van der Waals surface area contributed by atoms with Crippen LogP contribution in [0.3, 0.4) is 0 Å². The van der Waals surface area contributed by atoms with Crippen molar-refractivity contribution in [2.45, 2.75) is 6.92 Å². The second-order valence-electron chi connectivity index (χ2n) is 6.42. The maximum absolute atomic E-state index is 12.4. The van der Waals surface area contributed by atoms with E-state index in [2.05, 4.69) is 0 Å². The highest BCUT2D eigenvalue weighted by Crippen LogP contribution is 2.18. The van der Waals surface area contributed by atoms with Crippen LogP contribution in [-0.4, -0.2) is 23.3 Å². The number of carbonyl (C=O) groups excluding carboxylic acids is 2. The van der Waals surface area contributed by atoms with Crippen molar-refractivity contribution in [3.63, 3.8) is 0 Å². The molecule has 0 heterocycles. The average molecular weight is 417 g/mol. The third-order valence-corrected chi connectivity index (χ3v) is 4.28. The molecule has 0 aromatic heterocycles. The van der Waals surface area contributed by atoms with Crippen molar-refractivity contribution in [3.8, 4) is 11.5 Å². The number of nitrogens with zero attached hydrogens (tertiary/aromatic N) is 1. The number of nitro groups is 1. The topological polar surface area (TPSA) is 95.7 Å². The number of non-ortho nitro benzene ring substituents is 1. The first kappa shape index (κ1) is 21.4. The zero-order valence-corrected chi connectivity index (χ0v) is 16.7. The van der Waals surface area contributed by atoms with E-state index in [-0.39, 0.29) is 22.8 Å². The molecule has 7 heteroatoms. The SMILES string of the molecule is CCOc1ccc(/C=C/C(=O)c2ccc(OC(=O)c3ccc([N+](=O)[O-])cc3)cc2)cc1. The van der Waals surface area contributed by atoms with Gasteiger partial charge in [0.15, 0.2) is 5.78 Å². The molecule has 3 rings (SSSR count). The Balaban J connectivity index is 1.60. The molecular weight excluding hydrogens is 398 g/mol. The minimum absolute atomic E-state index is 0.113. The number of ketones is 1. The van der Waals surface area contributed by atoms with Gasteiger partial charge in [-0.25, -0.2) is 4.79 Å². The Labute approximate surface area is 178 Å². The van der Waals surface area contributed by atoms with Crippen LogP contribution in [0, 0.1) is 10.1 Å².